The number of hydrogen-bond donors (Lipinski definition) is 2. The van der Waals surface area contributed by atoms with E-state index >= 15 is 0 Å². The standard InChI is InChI=1S/C21H25N3O3S/c25-21-9-3-6-17-15-18(10-11-19(17)23-21)28(26,27)22-12-14-24-13-4-7-16-5-1-2-8-20(16)24/h1-2,5,8,10-11,15,22H,3-4,6-7,9,12-14H2,(H,23,25). The monoisotopic (exact) mass is 399 g/mol. The van der Waals surface area contributed by atoms with E-state index in [-0.39, 0.29) is 10.8 Å². The summed E-state index contributed by atoms with van der Waals surface area (Å²) in [7, 11) is -3.59. The molecule has 0 unspecified atom stereocenters. The summed E-state index contributed by atoms with van der Waals surface area (Å²) < 4.78 is 28.2. The molecular formula is C21H25N3O3S. The van der Waals surface area contributed by atoms with Crippen LogP contribution in [-0.4, -0.2) is 34.0 Å². The van der Waals surface area contributed by atoms with Crippen LogP contribution in [0.25, 0.3) is 0 Å². The molecule has 148 valence electrons. The Bertz CT molecular complexity index is 988. The van der Waals surface area contributed by atoms with Gasteiger partial charge in [0.25, 0.3) is 0 Å². The number of rotatable bonds is 5. The number of hydrogen-bond acceptors (Lipinski definition) is 4. The Morgan fingerprint density at radius 2 is 1.82 bits per heavy atom. The number of para-hydroxylation sites is 1. The zero-order valence-corrected chi connectivity index (χ0v) is 16.6. The molecule has 2 aliphatic heterocycles. The lowest BCUT2D eigenvalue weighted by Crippen LogP contribution is -2.37. The van der Waals surface area contributed by atoms with Crippen LogP contribution in [0, 0.1) is 0 Å². The van der Waals surface area contributed by atoms with Crippen LogP contribution in [0.2, 0.25) is 0 Å². The maximum atomic E-state index is 12.7. The number of fused-ring (bicyclic) bond motifs is 2. The second-order valence-electron chi connectivity index (χ2n) is 7.34. The number of nitrogens with one attached hydrogen (secondary N) is 2. The first-order valence-electron chi connectivity index (χ1n) is 9.78. The van der Waals surface area contributed by atoms with Crippen LogP contribution in [0.4, 0.5) is 11.4 Å². The molecule has 2 N–H and O–H groups in total. The van der Waals surface area contributed by atoms with E-state index in [4.69, 9.17) is 0 Å². The average molecular weight is 400 g/mol. The van der Waals surface area contributed by atoms with Crippen LogP contribution >= 0.6 is 0 Å². The number of sulfonamides is 1. The fourth-order valence-corrected chi connectivity index (χ4v) is 5.03. The molecule has 0 saturated carbocycles. The van der Waals surface area contributed by atoms with Crippen LogP contribution < -0.4 is 14.9 Å². The molecule has 0 spiro atoms. The number of carbonyl (C=O) groups is 1. The van der Waals surface area contributed by atoms with Gasteiger partial charge in [0.1, 0.15) is 0 Å². The summed E-state index contributed by atoms with van der Waals surface area (Å²) in [5, 5.41) is 2.84. The van der Waals surface area contributed by atoms with Gasteiger partial charge >= 0.3 is 0 Å². The fraction of sp³-hybridized carbons (Fsp3) is 0.381. The number of aryl methyl sites for hydroxylation is 2. The van der Waals surface area contributed by atoms with Crippen molar-refractivity contribution in [2.75, 3.05) is 29.9 Å². The summed E-state index contributed by atoms with van der Waals surface area (Å²) in [6, 6.07) is 13.2. The molecule has 6 nitrogen and oxygen atoms in total. The van der Waals surface area contributed by atoms with Crippen molar-refractivity contribution in [2.24, 2.45) is 0 Å². The molecule has 28 heavy (non-hydrogen) atoms. The normalized spacial score (nSPS) is 16.7. The molecule has 4 rings (SSSR count). The van der Waals surface area contributed by atoms with Crippen molar-refractivity contribution in [1.82, 2.24) is 4.72 Å². The maximum Gasteiger partial charge on any atom is 0.240 e. The van der Waals surface area contributed by atoms with E-state index in [2.05, 4.69) is 27.1 Å². The Labute approximate surface area is 166 Å². The smallest absolute Gasteiger partial charge is 0.240 e. The van der Waals surface area contributed by atoms with E-state index in [0.717, 1.165) is 31.4 Å². The van der Waals surface area contributed by atoms with Gasteiger partial charge in [-0.1, -0.05) is 18.2 Å². The van der Waals surface area contributed by atoms with Gasteiger partial charge in [-0.3, -0.25) is 4.79 Å². The van der Waals surface area contributed by atoms with Crippen molar-refractivity contribution in [3.63, 3.8) is 0 Å². The predicted molar refractivity (Wildman–Crippen MR) is 110 cm³/mol. The molecule has 7 heteroatoms. The van der Waals surface area contributed by atoms with Gasteiger partial charge in [-0.05, 0) is 61.1 Å². The SMILES string of the molecule is O=C1CCCc2cc(S(=O)(=O)NCCN3CCCc4ccccc43)ccc2N1. The summed E-state index contributed by atoms with van der Waals surface area (Å²) in [4.78, 5) is 14.2. The zero-order chi connectivity index (χ0) is 19.6. The van der Waals surface area contributed by atoms with Crippen molar-refractivity contribution in [3.05, 3.63) is 53.6 Å². The third-order valence-corrected chi connectivity index (χ3v) is 6.85. The lowest BCUT2D eigenvalue weighted by atomic mass is 10.0. The van der Waals surface area contributed by atoms with Crippen molar-refractivity contribution in [1.29, 1.82) is 0 Å². The van der Waals surface area contributed by atoms with Gasteiger partial charge in [0, 0.05) is 37.4 Å². The minimum Gasteiger partial charge on any atom is -0.370 e. The third kappa shape index (κ3) is 4.05. The number of benzene rings is 2. The quantitative estimate of drug-likeness (QED) is 0.810. The Balaban J connectivity index is 1.43. The van der Waals surface area contributed by atoms with E-state index < -0.39 is 10.0 Å². The van der Waals surface area contributed by atoms with Gasteiger partial charge in [0.05, 0.1) is 4.90 Å². The molecule has 0 aliphatic carbocycles. The van der Waals surface area contributed by atoms with Gasteiger partial charge in [0.2, 0.25) is 15.9 Å². The van der Waals surface area contributed by atoms with Crippen molar-refractivity contribution >= 4 is 27.3 Å². The van der Waals surface area contributed by atoms with Crippen molar-refractivity contribution < 1.29 is 13.2 Å². The van der Waals surface area contributed by atoms with Gasteiger partial charge < -0.3 is 10.2 Å². The molecule has 1 amide bonds. The highest BCUT2D eigenvalue weighted by Crippen LogP contribution is 2.27. The Hall–Kier alpha value is -2.38. The first-order valence-corrected chi connectivity index (χ1v) is 11.3. The Morgan fingerprint density at radius 3 is 2.71 bits per heavy atom. The molecule has 0 aromatic heterocycles. The topological polar surface area (TPSA) is 78.5 Å². The highest BCUT2D eigenvalue weighted by Gasteiger charge is 2.20. The summed E-state index contributed by atoms with van der Waals surface area (Å²) in [5.41, 5.74) is 4.11. The van der Waals surface area contributed by atoms with Crippen molar-refractivity contribution in [2.45, 2.75) is 37.0 Å². The highest BCUT2D eigenvalue weighted by atomic mass is 32.2. The van der Waals surface area contributed by atoms with Crippen molar-refractivity contribution in [3.8, 4) is 0 Å². The zero-order valence-electron chi connectivity index (χ0n) is 15.8. The van der Waals surface area contributed by atoms with E-state index in [9.17, 15) is 13.2 Å². The minimum absolute atomic E-state index is 0.0192. The van der Waals surface area contributed by atoms with Gasteiger partial charge in [-0.15, -0.1) is 0 Å². The highest BCUT2D eigenvalue weighted by molar-refractivity contribution is 7.89. The van der Waals surface area contributed by atoms with Gasteiger partial charge in [0.15, 0.2) is 0 Å². The predicted octanol–water partition coefficient (Wildman–Crippen LogP) is 2.69. The number of nitrogens with zero attached hydrogens (tertiary/aromatic N) is 1. The van der Waals surface area contributed by atoms with E-state index in [0.29, 0.717) is 31.6 Å². The minimum atomic E-state index is -3.59. The average Bonchev–Trinajstić information content (AvgIpc) is 2.88. The molecular weight excluding hydrogens is 374 g/mol. The number of carbonyl (C=O) groups excluding carboxylic acids is 1. The van der Waals surface area contributed by atoms with Crippen LogP contribution in [0.3, 0.4) is 0 Å². The molecule has 2 heterocycles. The molecule has 0 bridgehead atoms. The van der Waals surface area contributed by atoms with Crippen LogP contribution in [0.15, 0.2) is 47.4 Å². The molecule has 0 fully saturated rings. The number of anilines is 2. The van der Waals surface area contributed by atoms with Crippen LogP contribution in [0.5, 0.6) is 0 Å². The summed E-state index contributed by atoms with van der Waals surface area (Å²) in [6.07, 6.45) is 4.04. The van der Waals surface area contributed by atoms with E-state index in [1.54, 1.807) is 18.2 Å². The molecule has 0 saturated heterocycles. The number of amides is 1. The Morgan fingerprint density at radius 1 is 1.00 bits per heavy atom. The van der Waals surface area contributed by atoms with Gasteiger partial charge in [-0.2, -0.15) is 0 Å². The molecule has 0 atom stereocenters. The van der Waals surface area contributed by atoms with Gasteiger partial charge in [-0.25, -0.2) is 13.1 Å². The summed E-state index contributed by atoms with van der Waals surface area (Å²) in [5.74, 6) is -0.0192. The third-order valence-electron chi connectivity index (χ3n) is 5.39. The summed E-state index contributed by atoms with van der Waals surface area (Å²) >= 11 is 0. The van der Waals surface area contributed by atoms with E-state index in [1.165, 1.54) is 11.3 Å². The Kier molecular flexibility index (Phi) is 5.37. The first kappa shape index (κ1) is 19.0. The molecule has 0 radical (unpaired) electrons. The molecule has 2 aromatic rings. The first-order chi connectivity index (χ1) is 13.5. The second kappa shape index (κ2) is 7.93. The second-order valence-corrected chi connectivity index (χ2v) is 9.10. The lowest BCUT2D eigenvalue weighted by molar-refractivity contribution is -0.116. The van der Waals surface area contributed by atoms with Crippen LogP contribution in [0.1, 0.15) is 30.4 Å². The fourth-order valence-electron chi connectivity index (χ4n) is 3.96. The van der Waals surface area contributed by atoms with Crippen LogP contribution in [-0.2, 0) is 27.7 Å². The lowest BCUT2D eigenvalue weighted by Gasteiger charge is -2.31. The molecule has 2 aliphatic rings. The largest absolute Gasteiger partial charge is 0.370 e. The maximum absolute atomic E-state index is 12.7. The van der Waals surface area contributed by atoms with E-state index in [1.807, 2.05) is 12.1 Å². The summed E-state index contributed by atoms with van der Waals surface area (Å²) in [6.45, 7) is 1.93. The molecule has 2 aromatic carbocycles.